The molecule has 1 nitrogen and oxygen atoms in total. The van der Waals surface area contributed by atoms with E-state index in [9.17, 15) is 0 Å². The minimum atomic E-state index is 0.210. The quantitative estimate of drug-likeness (QED) is 0.704. The number of anilines is 1. The van der Waals surface area contributed by atoms with Crippen molar-refractivity contribution in [3.63, 3.8) is 0 Å². The monoisotopic (exact) mass is 231 g/mol. The van der Waals surface area contributed by atoms with Crippen molar-refractivity contribution in [1.29, 1.82) is 0 Å². The van der Waals surface area contributed by atoms with Crippen LogP contribution < -0.4 is 5.32 Å². The van der Waals surface area contributed by atoms with Gasteiger partial charge in [-0.3, -0.25) is 0 Å². The Morgan fingerprint density at radius 1 is 0.882 bits per heavy atom. The molecule has 1 heterocycles. The molecule has 2 rings (SSSR count). The second-order valence-corrected chi connectivity index (χ2v) is 7.23. The van der Waals surface area contributed by atoms with Crippen LogP contribution in [0.5, 0.6) is 0 Å². The summed E-state index contributed by atoms with van der Waals surface area (Å²) in [6.45, 7) is 14.9. The summed E-state index contributed by atoms with van der Waals surface area (Å²) in [6.07, 6.45) is 1.17. The van der Waals surface area contributed by atoms with E-state index < -0.39 is 0 Å². The number of fused-ring (bicyclic) bond motifs is 1. The summed E-state index contributed by atoms with van der Waals surface area (Å²) in [5.74, 6) is 0. The van der Waals surface area contributed by atoms with Crippen LogP contribution in [0, 0.1) is 0 Å². The summed E-state index contributed by atoms with van der Waals surface area (Å²) in [7, 11) is 0. The second-order valence-electron chi connectivity index (χ2n) is 7.23. The molecule has 17 heavy (non-hydrogen) atoms. The van der Waals surface area contributed by atoms with Gasteiger partial charge in [-0.2, -0.15) is 0 Å². The second kappa shape index (κ2) is 3.76. The van der Waals surface area contributed by atoms with Crippen LogP contribution in [0.1, 0.15) is 58.2 Å². The Kier molecular flexibility index (Phi) is 2.76. The fourth-order valence-electron chi connectivity index (χ4n) is 2.59. The lowest BCUT2D eigenvalue weighted by Crippen LogP contribution is -2.22. The standard InChI is InChI=1S/C16H25N/c1-15(2,3)12-9-11-7-8-17-14(11)10-13(12)16(4,5)6/h9-10,17H,7-8H2,1-6H3. The van der Waals surface area contributed by atoms with Gasteiger partial charge in [0.05, 0.1) is 0 Å². The number of hydrogen-bond donors (Lipinski definition) is 1. The predicted octanol–water partition coefficient (Wildman–Crippen LogP) is 4.25. The van der Waals surface area contributed by atoms with E-state index in [0.717, 1.165) is 6.54 Å². The first kappa shape index (κ1) is 12.5. The van der Waals surface area contributed by atoms with E-state index in [-0.39, 0.29) is 10.8 Å². The molecule has 1 N–H and O–H groups in total. The molecule has 0 fully saturated rings. The third kappa shape index (κ3) is 2.34. The van der Waals surface area contributed by atoms with Gasteiger partial charge in [0, 0.05) is 12.2 Å². The third-order valence-electron chi connectivity index (χ3n) is 3.57. The first-order valence-corrected chi connectivity index (χ1v) is 6.61. The fourth-order valence-corrected chi connectivity index (χ4v) is 2.59. The van der Waals surface area contributed by atoms with Gasteiger partial charge in [-0.25, -0.2) is 0 Å². The van der Waals surface area contributed by atoms with Crippen LogP contribution in [0.15, 0.2) is 12.1 Å². The minimum Gasteiger partial charge on any atom is -0.384 e. The number of rotatable bonds is 0. The van der Waals surface area contributed by atoms with Crippen LogP contribution in [-0.2, 0) is 17.3 Å². The van der Waals surface area contributed by atoms with E-state index in [1.807, 2.05) is 0 Å². The molecule has 94 valence electrons. The number of hydrogen-bond acceptors (Lipinski definition) is 1. The SMILES string of the molecule is CC(C)(C)c1cc2c(cc1C(C)(C)C)NCC2. The Labute approximate surface area is 106 Å². The van der Waals surface area contributed by atoms with Crippen LogP contribution in [0.25, 0.3) is 0 Å². The maximum atomic E-state index is 3.49. The summed E-state index contributed by atoms with van der Waals surface area (Å²) in [5.41, 5.74) is 6.26. The molecule has 0 spiro atoms. The Balaban J connectivity index is 2.64. The van der Waals surface area contributed by atoms with Crippen LogP contribution in [0.3, 0.4) is 0 Å². The number of nitrogens with one attached hydrogen (secondary N) is 1. The number of benzene rings is 1. The topological polar surface area (TPSA) is 12.0 Å². The highest BCUT2D eigenvalue weighted by molar-refractivity contribution is 5.61. The van der Waals surface area contributed by atoms with Gasteiger partial charge in [0.2, 0.25) is 0 Å². The van der Waals surface area contributed by atoms with Gasteiger partial charge in [-0.15, -0.1) is 0 Å². The van der Waals surface area contributed by atoms with Gasteiger partial charge in [-0.1, -0.05) is 47.6 Å². The minimum absolute atomic E-state index is 0.210. The normalized spacial score (nSPS) is 15.6. The van der Waals surface area contributed by atoms with E-state index in [0.29, 0.717) is 0 Å². The average molecular weight is 231 g/mol. The first-order chi connectivity index (χ1) is 7.69. The Morgan fingerprint density at radius 2 is 1.41 bits per heavy atom. The maximum Gasteiger partial charge on any atom is 0.0376 e. The fraction of sp³-hybridized carbons (Fsp3) is 0.625. The molecule has 1 aliphatic rings. The van der Waals surface area contributed by atoms with Gasteiger partial charge < -0.3 is 5.32 Å². The largest absolute Gasteiger partial charge is 0.384 e. The molecule has 0 bridgehead atoms. The maximum absolute atomic E-state index is 3.49. The molecule has 1 aliphatic heterocycles. The zero-order valence-corrected chi connectivity index (χ0v) is 12.1. The van der Waals surface area contributed by atoms with Crippen molar-refractivity contribution in [1.82, 2.24) is 0 Å². The summed E-state index contributed by atoms with van der Waals surface area (Å²) in [6, 6.07) is 4.80. The van der Waals surface area contributed by atoms with Crippen molar-refractivity contribution in [3.05, 3.63) is 28.8 Å². The summed E-state index contributed by atoms with van der Waals surface area (Å²) < 4.78 is 0. The van der Waals surface area contributed by atoms with Gasteiger partial charge in [-0.05, 0) is 40.0 Å². The summed E-state index contributed by atoms with van der Waals surface area (Å²) in [5, 5.41) is 3.49. The average Bonchev–Trinajstić information content (AvgIpc) is 2.59. The van der Waals surface area contributed by atoms with Crippen LogP contribution in [0.4, 0.5) is 5.69 Å². The summed E-state index contributed by atoms with van der Waals surface area (Å²) >= 11 is 0. The lowest BCUT2D eigenvalue weighted by atomic mass is 9.74. The van der Waals surface area contributed by atoms with E-state index in [4.69, 9.17) is 0 Å². The molecule has 0 saturated carbocycles. The zero-order valence-electron chi connectivity index (χ0n) is 12.1. The van der Waals surface area contributed by atoms with Crippen molar-refractivity contribution in [2.45, 2.75) is 58.8 Å². The highest BCUT2D eigenvalue weighted by Crippen LogP contribution is 2.38. The molecule has 0 saturated heterocycles. The molecule has 1 aromatic carbocycles. The smallest absolute Gasteiger partial charge is 0.0376 e. The van der Waals surface area contributed by atoms with Gasteiger partial charge >= 0.3 is 0 Å². The molecule has 1 heteroatoms. The van der Waals surface area contributed by atoms with Gasteiger partial charge in [0.1, 0.15) is 0 Å². The Bertz CT molecular complexity index is 389. The summed E-state index contributed by atoms with van der Waals surface area (Å²) in [4.78, 5) is 0. The Hall–Kier alpha value is -0.980. The predicted molar refractivity (Wildman–Crippen MR) is 76.0 cm³/mol. The van der Waals surface area contributed by atoms with Crippen molar-refractivity contribution >= 4 is 5.69 Å². The lowest BCUT2D eigenvalue weighted by molar-refractivity contribution is 0.530. The molecule has 0 atom stereocenters. The van der Waals surface area contributed by atoms with Gasteiger partial charge in [0.15, 0.2) is 0 Å². The molecule has 0 radical (unpaired) electrons. The zero-order chi connectivity index (χ0) is 12.8. The van der Waals surface area contributed by atoms with Gasteiger partial charge in [0.25, 0.3) is 0 Å². The molecular formula is C16H25N. The van der Waals surface area contributed by atoms with Crippen molar-refractivity contribution < 1.29 is 0 Å². The van der Waals surface area contributed by atoms with E-state index in [1.165, 1.54) is 28.8 Å². The van der Waals surface area contributed by atoms with Crippen molar-refractivity contribution in [3.8, 4) is 0 Å². The first-order valence-electron chi connectivity index (χ1n) is 6.61. The molecule has 0 aromatic heterocycles. The van der Waals surface area contributed by atoms with Crippen LogP contribution in [-0.4, -0.2) is 6.54 Å². The molecule has 0 amide bonds. The lowest BCUT2D eigenvalue weighted by Gasteiger charge is -2.31. The molecule has 0 aliphatic carbocycles. The third-order valence-corrected chi connectivity index (χ3v) is 3.57. The molecule has 0 unspecified atom stereocenters. The Morgan fingerprint density at radius 3 is 1.94 bits per heavy atom. The van der Waals surface area contributed by atoms with E-state index in [1.54, 1.807) is 0 Å². The van der Waals surface area contributed by atoms with Crippen molar-refractivity contribution in [2.75, 3.05) is 11.9 Å². The highest BCUT2D eigenvalue weighted by Gasteiger charge is 2.27. The van der Waals surface area contributed by atoms with Crippen molar-refractivity contribution in [2.24, 2.45) is 0 Å². The molecular weight excluding hydrogens is 206 g/mol. The van der Waals surface area contributed by atoms with E-state index in [2.05, 4.69) is 59.0 Å². The van der Waals surface area contributed by atoms with E-state index >= 15 is 0 Å². The highest BCUT2D eigenvalue weighted by atomic mass is 14.9. The van der Waals surface area contributed by atoms with Crippen LogP contribution in [0.2, 0.25) is 0 Å². The molecule has 1 aromatic rings. The van der Waals surface area contributed by atoms with Crippen LogP contribution >= 0.6 is 0 Å².